The van der Waals surface area contributed by atoms with E-state index in [4.69, 9.17) is 11.6 Å². The van der Waals surface area contributed by atoms with Gasteiger partial charge in [0.15, 0.2) is 0 Å². The summed E-state index contributed by atoms with van der Waals surface area (Å²) in [5.41, 5.74) is 2.93. The molecule has 0 aliphatic rings. The summed E-state index contributed by atoms with van der Waals surface area (Å²) >= 11 is 5.91. The van der Waals surface area contributed by atoms with Crippen LogP contribution >= 0.6 is 11.6 Å². The van der Waals surface area contributed by atoms with E-state index in [1.807, 2.05) is 19.1 Å². The number of halogens is 1. The third kappa shape index (κ3) is 4.65. The molecule has 0 aliphatic carbocycles. The predicted molar refractivity (Wildman–Crippen MR) is 106 cm³/mol. The molecular weight excluding hydrogens is 366 g/mol. The van der Waals surface area contributed by atoms with Gasteiger partial charge in [-0.1, -0.05) is 29.8 Å². The Morgan fingerprint density at radius 3 is 2.48 bits per heavy atom. The van der Waals surface area contributed by atoms with Gasteiger partial charge in [0.1, 0.15) is 0 Å². The molecule has 3 rings (SSSR count). The van der Waals surface area contributed by atoms with E-state index < -0.39 is 0 Å². The predicted octanol–water partition coefficient (Wildman–Crippen LogP) is 4.12. The largest absolute Gasteiger partial charge is 0.338 e. The fraction of sp³-hybridized carbons (Fsp3) is 0.105. The minimum atomic E-state index is -0.316. The topological polar surface area (TPSA) is 98.9 Å². The van der Waals surface area contributed by atoms with E-state index in [0.29, 0.717) is 34.2 Å². The molecule has 138 valence electrons. The van der Waals surface area contributed by atoms with Gasteiger partial charge in [-0.3, -0.25) is 9.89 Å². The molecule has 0 saturated carbocycles. The van der Waals surface area contributed by atoms with Crippen molar-refractivity contribution in [3.05, 3.63) is 65.3 Å². The van der Waals surface area contributed by atoms with E-state index in [1.165, 1.54) is 6.20 Å². The monoisotopic (exact) mass is 383 g/mol. The van der Waals surface area contributed by atoms with Crippen LogP contribution in [0.25, 0.3) is 11.3 Å². The summed E-state index contributed by atoms with van der Waals surface area (Å²) in [4.78, 5) is 24.3. The molecule has 0 unspecified atom stereocenters. The van der Waals surface area contributed by atoms with Crippen LogP contribution in [0.3, 0.4) is 0 Å². The van der Waals surface area contributed by atoms with Gasteiger partial charge in [0.05, 0.1) is 17.5 Å². The van der Waals surface area contributed by atoms with Crippen molar-refractivity contribution in [3.63, 3.8) is 0 Å². The molecule has 0 fully saturated rings. The number of carbonyl (C=O) groups is 2. The van der Waals surface area contributed by atoms with Crippen LogP contribution in [0.5, 0.6) is 0 Å². The van der Waals surface area contributed by atoms with Crippen molar-refractivity contribution >= 4 is 34.9 Å². The van der Waals surface area contributed by atoms with Crippen LogP contribution in [0.1, 0.15) is 17.3 Å². The first-order chi connectivity index (χ1) is 13.1. The van der Waals surface area contributed by atoms with Crippen molar-refractivity contribution in [1.82, 2.24) is 15.5 Å². The summed E-state index contributed by atoms with van der Waals surface area (Å²) < 4.78 is 0. The second-order valence-electron chi connectivity index (χ2n) is 5.68. The van der Waals surface area contributed by atoms with Crippen LogP contribution in [0.4, 0.5) is 16.2 Å². The van der Waals surface area contributed by atoms with Gasteiger partial charge >= 0.3 is 6.03 Å². The Morgan fingerprint density at radius 2 is 1.78 bits per heavy atom. The number of H-pyrrole nitrogens is 1. The fourth-order valence-corrected chi connectivity index (χ4v) is 2.63. The first kappa shape index (κ1) is 18.5. The number of hydrogen-bond acceptors (Lipinski definition) is 3. The number of urea groups is 1. The van der Waals surface area contributed by atoms with Crippen molar-refractivity contribution in [1.29, 1.82) is 0 Å². The lowest BCUT2D eigenvalue weighted by molar-refractivity contribution is 0.102. The van der Waals surface area contributed by atoms with Crippen molar-refractivity contribution in [2.75, 3.05) is 17.2 Å². The number of aromatic amines is 1. The molecule has 3 amide bonds. The van der Waals surface area contributed by atoms with Crippen molar-refractivity contribution < 1.29 is 9.59 Å². The number of rotatable bonds is 5. The number of nitrogens with one attached hydrogen (secondary N) is 4. The zero-order valence-corrected chi connectivity index (χ0v) is 15.3. The summed E-state index contributed by atoms with van der Waals surface area (Å²) in [5.74, 6) is -0.316. The molecule has 1 aromatic heterocycles. The summed E-state index contributed by atoms with van der Waals surface area (Å²) in [6.07, 6.45) is 1.47. The van der Waals surface area contributed by atoms with Crippen molar-refractivity contribution in [3.8, 4) is 11.3 Å². The molecule has 8 heteroatoms. The third-order valence-corrected chi connectivity index (χ3v) is 3.98. The Hall–Kier alpha value is -3.32. The minimum Gasteiger partial charge on any atom is -0.338 e. The average Bonchev–Trinajstić information content (AvgIpc) is 3.13. The molecule has 3 aromatic rings. The van der Waals surface area contributed by atoms with Crippen LogP contribution < -0.4 is 16.0 Å². The lowest BCUT2D eigenvalue weighted by Gasteiger charge is -2.09. The molecule has 27 heavy (non-hydrogen) atoms. The van der Waals surface area contributed by atoms with Gasteiger partial charge in [-0.2, -0.15) is 5.10 Å². The molecule has 1 heterocycles. The van der Waals surface area contributed by atoms with E-state index in [1.54, 1.807) is 36.4 Å². The van der Waals surface area contributed by atoms with Crippen LogP contribution in [-0.2, 0) is 0 Å². The smallest absolute Gasteiger partial charge is 0.319 e. The second-order valence-corrected chi connectivity index (χ2v) is 6.12. The molecular formula is C19H18ClN5O2. The maximum absolute atomic E-state index is 12.7. The van der Waals surface area contributed by atoms with Gasteiger partial charge in [-0.05, 0) is 37.3 Å². The maximum Gasteiger partial charge on any atom is 0.319 e. The normalized spacial score (nSPS) is 10.3. The van der Waals surface area contributed by atoms with Gasteiger partial charge in [-0.25, -0.2) is 4.79 Å². The van der Waals surface area contributed by atoms with Crippen molar-refractivity contribution in [2.45, 2.75) is 6.92 Å². The number of aromatic nitrogens is 2. The van der Waals surface area contributed by atoms with Crippen LogP contribution in [0.15, 0.2) is 54.7 Å². The standard InChI is InChI=1S/C19H18ClN5O2/c1-2-21-19(27)24-15-5-3-4-14(10-15)23-18(26)16-11-22-25-17(16)12-6-8-13(20)9-7-12/h3-11H,2H2,1H3,(H,22,25)(H,23,26)(H2,21,24,27). The molecule has 0 radical (unpaired) electrons. The first-order valence-corrected chi connectivity index (χ1v) is 8.70. The second kappa shape index (κ2) is 8.37. The Bertz CT molecular complexity index is 953. The van der Waals surface area contributed by atoms with Gasteiger partial charge in [0, 0.05) is 28.5 Å². The van der Waals surface area contributed by atoms with Gasteiger partial charge in [0.25, 0.3) is 5.91 Å². The average molecular weight is 384 g/mol. The molecule has 4 N–H and O–H groups in total. The minimum absolute atomic E-state index is 0.305. The van der Waals surface area contributed by atoms with E-state index in [2.05, 4.69) is 26.1 Å². The summed E-state index contributed by atoms with van der Waals surface area (Å²) in [5, 5.41) is 15.6. The third-order valence-electron chi connectivity index (χ3n) is 3.73. The van der Waals surface area contributed by atoms with Gasteiger partial charge < -0.3 is 16.0 Å². The quantitative estimate of drug-likeness (QED) is 0.533. The fourth-order valence-electron chi connectivity index (χ4n) is 2.50. The molecule has 7 nitrogen and oxygen atoms in total. The molecule has 0 bridgehead atoms. The Balaban J connectivity index is 1.76. The molecule has 0 saturated heterocycles. The number of hydrogen-bond donors (Lipinski definition) is 4. The molecule has 2 aromatic carbocycles. The SMILES string of the molecule is CCNC(=O)Nc1cccc(NC(=O)c2cn[nH]c2-c2ccc(Cl)cc2)c1. The van der Waals surface area contributed by atoms with Crippen LogP contribution in [0, 0.1) is 0 Å². The number of nitrogens with zero attached hydrogens (tertiary/aromatic N) is 1. The Morgan fingerprint density at radius 1 is 1.07 bits per heavy atom. The van der Waals surface area contributed by atoms with Gasteiger partial charge in [0.2, 0.25) is 0 Å². The summed E-state index contributed by atoms with van der Waals surface area (Å²) in [6, 6.07) is 13.7. The molecule has 0 spiro atoms. The van der Waals surface area contributed by atoms with Crippen molar-refractivity contribution in [2.24, 2.45) is 0 Å². The number of carbonyl (C=O) groups excluding carboxylic acids is 2. The highest BCUT2D eigenvalue weighted by molar-refractivity contribution is 6.30. The lowest BCUT2D eigenvalue weighted by atomic mass is 10.1. The molecule has 0 atom stereocenters. The zero-order valence-electron chi connectivity index (χ0n) is 14.5. The maximum atomic E-state index is 12.7. The highest BCUT2D eigenvalue weighted by atomic mass is 35.5. The lowest BCUT2D eigenvalue weighted by Crippen LogP contribution is -2.28. The van der Waals surface area contributed by atoms with Crippen LogP contribution in [0.2, 0.25) is 5.02 Å². The first-order valence-electron chi connectivity index (χ1n) is 8.32. The number of benzene rings is 2. The number of amides is 3. The summed E-state index contributed by atoms with van der Waals surface area (Å²) in [7, 11) is 0. The highest BCUT2D eigenvalue weighted by Gasteiger charge is 2.15. The molecule has 0 aliphatic heterocycles. The zero-order chi connectivity index (χ0) is 19.2. The number of anilines is 2. The van der Waals surface area contributed by atoms with E-state index in [-0.39, 0.29) is 11.9 Å². The van der Waals surface area contributed by atoms with Gasteiger partial charge in [-0.15, -0.1) is 0 Å². The van der Waals surface area contributed by atoms with E-state index in [0.717, 1.165) is 5.56 Å². The van der Waals surface area contributed by atoms with E-state index >= 15 is 0 Å². The highest BCUT2D eigenvalue weighted by Crippen LogP contribution is 2.24. The van der Waals surface area contributed by atoms with Crippen LogP contribution in [-0.4, -0.2) is 28.7 Å². The Kier molecular flexibility index (Phi) is 5.73. The summed E-state index contributed by atoms with van der Waals surface area (Å²) in [6.45, 7) is 2.36. The van der Waals surface area contributed by atoms with E-state index in [9.17, 15) is 9.59 Å². The Labute approximate surface area is 161 Å².